The summed E-state index contributed by atoms with van der Waals surface area (Å²) < 4.78 is 6.36. The van der Waals surface area contributed by atoms with Crippen LogP contribution in [0, 0.1) is 0 Å². The van der Waals surface area contributed by atoms with E-state index in [4.69, 9.17) is 4.42 Å². The molecule has 14 rings (SSSR count). The summed E-state index contributed by atoms with van der Waals surface area (Å²) >= 11 is 0. The van der Waals surface area contributed by atoms with Crippen LogP contribution in [0.1, 0.15) is 22.3 Å². The van der Waals surface area contributed by atoms with Crippen LogP contribution in [0.25, 0.3) is 66.4 Å². The topological polar surface area (TPSA) is 19.6 Å². The standard InChI is InChI=1S/C67H44N2O/c1-3-19-45(20-4-1)46-37-39-47(40-38-46)51-23-8-13-31-59(51)68(50-43-41-48(42-44-50)52-26-17-36-64-65(52)54-25-9-16-35-63(54)70-64)62-34-18-30-58-66(62)53-24-7-10-27-55(53)67(58)56-28-11-14-32-60(56)69(49-21-5-2-6-22-49)61-33-15-12-29-57(61)67/h1-44H. The zero-order valence-electron chi connectivity index (χ0n) is 38.2. The van der Waals surface area contributed by atoms with Crippen LogP contribution in [0.4, 0.5) is 34.1 Å². The van der Waals surface area contributed by atoms with Crippen LogP contribution in [-0.4, -0.2) is 0 Å². The van der Waals surface area contributed by atoms with Gasteiger partial charge in [-0.3, -0.25) is 0 Å². The Hall–Kier alpha value is -9.18. The molecule has 0 amide bonds. The first kappa shape index (κ1) is 39.9. The molecule has 3 nitrogen and oxygen atoms in total. The summed E-state index contributed by atoms with van der Waals surface area (Å²) in [5.74, 6) is 0. The largest absolute Gasteiger partial charge is 0.456 e. The summed E-state index contributed by atoms with van der Waals surface area (Å²) in [4.78, 5) is 4.95. The number of anilines is 6. The molecule has 1 aliphatic heterocycles. The number of furan rings is 1. The highest BCUT2D eigenvalue weighted by Crippen LogP contribution is 2.65. The lowest BCUT2D eigenvalue weighted by molar-refractivity contribution is 0.669. The molecule has 1 spiro atoms. The molecule has 3 heteroatoms. The zero-order valence-corrected chi connectivity index (χ0v) is 38.2. The third-order valence-electron chi connectivity index (χ3n) is 14.7. The summed E-state index contributed by atoms with van der Waals surface area (Å²) in [7, 11) is 0. The fourth-order valence-corrected chi connectivity index (χ4v) is 11.8. The normalized spacial score (nSPS) is 12.9. The maximum Gasteiger partial charge on any atom is 0.136 e. The van der Waals surface area contributed by atoms with Gasteiger partial charge in [-0.25, -0.2) is 0 Å². The summed E-state index contributed by atoms with van der Waals surface area (Å²) in [6.45, 7) is 0. The Morgan fingerprint density at radius 3 is 1.59 bits per heavy atom. The number of hydrogen-bond donors (Lipinski definition) is 0. The molecule has 1 aliphatic carbocycles. The summed E-state index contributed by atoms with van der Waals surface area (Å²) in [6, 6.07) is 97.4. The van der Waals surface area contributed by atoms with Crippen LogP contribution in [-0.2, 0) is 5.41 Å². The molecule has 1 aromatic heterocycles. The number of para-hydroxylation sites is 5. The van der Waals surface area contributed by atoms with Gasteiger partial charge in [0.15, 0.2) is 0 Å². The Labute approximate surface area is 407 Å². The van der Waals surface area contributed by atoms with Crippen LogP contribution >= 0.6 is 0 Å². The second-order valence-electron chi connectivity index (χ2n) is 18.3. The van der Waals surface area contributed by atoms with E-state index in [-0.39, 0.29) is 0 Å². The van der Waals surface area contributed by atoms with Crippen molar-refractivity contribution in [3.8, 4) is 44.5 Å². The van der Waals surface area contributed by atoms with E-state index in [1.807, 2.05) is 6.07 Å². The maximum absolute atomic E-state index is 6.36. The minimum atomic E-state index is -0.602. The van der Waals surface area contributed by atoms with E-state index in [1.54, 1.807) is 0 Å². The van der Waals surface area contributed by atoms with E-state index in [0.29, 0.717) is 0 Å². The Kier molecular flexibility index (Phi) is 9.11. The van der Waals surface area contributed by atoms with Crippen molar-refractivity contribution in [3.05, 3.63) is 289 Å². The van der Waals surface area contributed by atoms with Crippen LogP contribution in [0.5, 0.6) is 0 Å². The van der Waals surface area contributed by atoms with Gasteiger partial charge < -0.3 is 14.2 Å². The first-order chi connectivity index (χ1) is 34.8. The van der Waals surface area contributed by atoms with Crippen molar-refractivity contribution in [2.24, 2.45) is 0 Å². The average Bonchev–Trinajstić information content (AvgIpc) is 3.97. The number of fused-ring (bicyclic) bond motifs is 12. The van der Waals surface area contributed by atoms with Crippen LogP contribution in [0.15, 0.2) is 271 Å². The van der Waals surface area contributed by atoms with E-state index in [2.05, 4.69) is 271 Å². The van der Waals surface area contributed by atoms with Crippen LogP contribution in [0.2, 0.25) is 0 Å². The average molecular weight is 893 g/mol. The molecular formula is C67H44N2O. The molecule has 0 fully saturated rings. The molecule has 0 saturated heterocycles. The fourth-order valence-electron chi connectivity index (χ4n) is 11.8. The lowest BCUT2D eigenvalue weighted by Gasteiger charge is -2.45. The molecule has 12 aromatic rings. The lowest BCUT2D eigenvalue weighted by atomic mass is 9.64. The van der Waals surface area contributed by atoms with Crippen LogP contribution in [0.3, 0.4) is 0 Å². The highest BCUT2D eigenvalue weighted by atomic mass is 16.3. The zero-order chi connectivity index (χ0) is 46.2. The van der Waals surface area contributed by atoms with Gasteiger partial charge in [-0.2, -0.15) is 0 Å². The first-order valence-electron chi connectivity index (χ1n) is 24.1. The lowest BCUT2D eigenvalue weighted by Crippen LogP contribution is -2.36. The Morgan fingerprint density at radius 2 is 0.829 bits per heavy atom. The second-order valence-corrected chi connectivity index (χ2v) is 18.3. The Bertz CT molecular complexity index is 3900. The third-order valence-corrected chi connectivity index (χ3v) is 14.7. The van der Waals surface area contributed by atoms with Gasteiger partial charge in [0.2, 0.25) is 0 Å². The second kappa shape index (κ2) is 16.0. The van der Waals surface area contributed by atoms with Gasteiger partial charge >= 0.3 is 0 Å². The summed E-state index contributed by atoms with van der Waals surface area (Å²) in [5.41, 5.74) is 22.4. The third kappa shape index (κ3) is 5.95. The number of hydrogen-bond acceptors (Lipinski definition) is 3. The molecule has 0 N–H and O–H groups in total. The molecule has 11 aromatic carbocycles. The van der Waals surface area contributed by atoms with Gasteiger partial charge in [-0.1, -0.05) is 206 Å². The molecule has 2 heterocycles. The molecule has 70 heavy (non-hydrogen) atoms. The first-order valence-corrected chi connectivity index (χ1v) is 24.1. The van der Waals surface area contributed by atoms with Crippen LogP contribution < -0.4 is 9.80 Å². The molecule has 0 bridgehead atoms. The van der Waals surface area contributed by atoms with Crippen molar-refractivity contribution in [2.45, 2.75) is 5.41 Å². The molecule has 0 radical (unpaired) electrons. The number of rotatable bonds is 7. The van der Waals surface area contributed by atoms with Crippen molar-refractivity contribution in [1.82, 2.24) is 0 Å². The van der Waals surface area contributed by atoms with Gasteiger partial charge in [-0.05, 0) is 116 Å². The number of nitrogens with zero attached hydrogens (tertiary/aromatic N) is 2. The molecular weight excluding hydrogens is 849 g/mol. The van der Waals surface area contributed by atoms with Gasteiger partial charge in [-0.15, -0.1) is 0 Å². The summed E-state index contributed by atoms with van der Waals surface area (Å²) in [5, 5.41) is 2.25. The summed E-state index contributed by atoms with van der Waals surface area (Å²) in [6.07, 6.45) is 0. The SMILES string of the molecule is c1ccc(-c2ccc(-c3ccccc3N(c3ccc(-c4cccc5oc6ccccc6c45)cc3)c3cccc4c3-c3ccccc3C43c4ccccc4N(c4ccccc4)c4ccccc43)cc2)cc1. The predicted molar refractivity (Wildman–Crippen MR) is 290 cm³/mol. The van der Waals surface area contributed by atoms with E-state index in [9.17, 15) is 0 Å². The fraction of sp³-hybridized carbons (Fsp3) is 0.0149. The van der Waals surface area contributed by atoms with Gasteiger partial charge in [0.05, 0.1) is 28.2 Å². The van der Waals surface area contributed by atoms with E-state index in [1.165, 1.54) is 55.9 Å². The number of benzene rings is 11. The minimum absolute atomic E-state index is 0.602. The van der Waals surface area contributed by atoms with Gasteiger partial charge in [0.25, 0.3) is 0 Å². The van der Waals surface area contributed by atoms with Crippen molar-refractivity contribution >= 4 is 56.1 Å². The highest BCUT2D eigenvalue weighted by molar-refractivity contribution is 6.12. The molecule has 0 saturated carbocycles. The van der Waals surface area contributed by atoms with Gasteiger partial charge in [0, 0.05) is 33.3 Å². The smallest absolute Gasteiger partial charge is 0.136 e. The van der Waals surface area contributed by atoms with Crippen molar-refractivity contribution < 1.29 is 4.42 Å². The maximum atomic E-state index is 6.36. The van der Waals surface area contributed by atoms with Crippen molar-refractivity contribution in [2.75, 3.05) is 9.80 Å². The highest BCUT2D eigenvalue weighted by Gasteiger charge is 2.52. The molecule has 0 atom stereocenters. The predicted octanol–water partition coefficient (Wildman–Crippen LogP) is 18.2. The quantitative estimate of drug-likeness (QED) is 0.159. The van der Waals surface area contributed by atoms with Crippen molar-refractivity contribution in [1.29, 1.82) is 0 Å². The molecule has 0 unspecified atom stereocenters. The Balaban J connectivity index is 1.01. The minimum Gasteiger partial charge on any atom is -0.456 e. The molecule has 328 valence electrons. The van der Waals surface area contributed by atoms with E-state index in [0.717, 1.165) is 66.9 Å². The van der Waals surface area contributed by atoms with Gasteiger partial charge in [0.1, 0.15) is 11.2 Å². The molecule has 2 aliphatic rings. The van der Waals surface area contributed by atoms with E-state index >= 15 is 0 Å². The van der Waals surface area contributed by atoms with Crippen molar-refractivity contribution in [3.63, 3.8) is 0 Å². The monoisotopic (exact) mass is 892 g/mol. The Morgan fingerprint density at radius 1 is 0.329 bits per heavy atom. The van der Waals surface area contributed by atoms with E-state index < -0.39 is 5.41 Å².